The van der Waals surface area contributed by atoms with E-state index in [1.165, 1.54) is 4.57 Å². The van der Waals surface area contributed by atoms with Crippen molar-refractivity contribution < 1.29 is 9.53 Å². The van der Waals surface area contributed by atoms with Gasteiger partial charge in [-0.2, -0.15) is 5.26 Å². The molecule has 1 heterocycles. The highest BCUT2D eigenvalue weighted by Crippen LogP contribution is 2.22. The van der Waals surface area contributed by atoms with Crippen molar-refractivity contribution in [3.8, 4) is 11.8 Å². The lowest BCUT2D eigenvalue weighted by Crippen LogP contribution is -2.10. The van der Waals surface area contributed by atoms with Gasteiger partial charge in [0.05, 0.1) is 18.2 Å². The maximum atomic E-state index is 12.6. The number of hydrogen-bond acceptors (Lipinski definition) is 3. The molecule has 0 unspecified atom stereocenters. The Bertz CT molecular complexity index is 855. The first-order valence-corrected chi connectivity index (χ1v) is 6.43. The fourth-order valence-electron chi connectivity index (χ4n) is 2.31. The minimum absolute atomic E-state index is 0.171. The van der Waals surface area contributed by atoms with Gasteiger partial charge < -0.3 is 4.74 Å². The Morgan fingerprint density at radius 1 is 1.14 bits per heavy atom. The highest BCUT2D eigenvalue weighted by Gasteiger charge is 2.14. The van der Waals surface area contributed by atoms with Gasteiger partial charge in [0.15, 0.2) is 0 Å². The zero-order valence-electron chi connectivity index (χ0n) is 11.4. The Labute approximate surface area is 121 Å². The standard InChI is InChI=1S/C17H12N2O2/c1-21-14-8-6-12(7-9-14)17(20)19-11-13(10-18)15-4-2-3-5-16(15)19/h2-9,11H,1H3. The molecule has 4 heteroatoms. The van der Waals surface area contributed by atoms with Crippen molar-refractivity contribution >= 4 is 16.8 Å². The third-order valence-electron chi connectivity index (χ3n) is 3.39. The van der Waals surface area contributed by atoms with Crippen molar-refractivity contribution in [2.24, 2.45) is 0 Å². The Balaban J connectivity index is 2.11. The van der Waals surface area contributed by atoms with E-state index in [0.717, 1.165) is 10.9 Å². The summed E-state index contributed by atoms with van der Waals surface area (Å²) in [5, 5.41) is 9.96. The van der Waals surface area contributed by atoms with E-state index in [2.05, 4.69) is 6.07 Å². The Morgan fingerprint density at radius 3 is 2.52 bits per heavy atom. The second-order valence-electron chi connectivity index (χ2n) is 4.58. The van der Waals surface area contributed by atoms with Crippen LogP contribution in [-0.2, 0) is 0 Å². The van der Waals surface area contributed by atoms with Gasteiger partial charge in [-0.1, -0.05) is 18.2 Å². The molecule has 3 rings (SSSR count). The lowest BCUT2D eigenvalue weighted by molar-refractivity contribution is 0.0965. The van der Waals surface area contributed by atoms with Gasteiger partial charge in [-0.3, -0.25) is 9.36 Å². The quantitative estimate of drug-likeness (QED) is 0.722. The SMILES string of the molecule is COc1ccc(C(=O)n2cc(C#N)c3ccccc32)cc1. The topological polar surface area (TPSA) is 55.0 Å². The molecule has 1 aromatic heterocycles. The molecule has 0 saturated heterocycles. The molecule has 0 amide bonds. The van der Waals surface area contributed by atoms with Crippen LogP contribution in [0.5, 0.6) is 5.75 Å². The summed E-state index contributed by atoms with van der Waals surface area (Å²) in [5.41, 5.74) is 1.77. The van der Waals surface area contributed by atoms with Crippen LogP contribution in [0.3, 0.4) is 0 Å². The van der Waals surface area contributed by atoms with Gasteiger partial charge in [0, 0.05) is 17.1 Å². The summed E-state index contributed by atoms with van der Waals surface area (Å²) >= 11 is 0. The molecule has 102 valence electrons. The second kappa shape index (κ2) is 5.14. The molecule has 0 bridgehead atoms. The highest BCUT2D eigenvalue weighted by atomic mass is 16.5. The number of nitrogens with zero attached hydrogens (tertiary/aromatic N) is 2. The summed E-state index contributed by atoms with van der Waals surface area (Å²) in [6, 6.07) is 16.4. The van der Waals surface area contributed by atoms with E-state index < -0.39 is 0 Å². The Hall–Kier alpha value is -3.06. The van der Waals surface area contributed by atoms with Gasteiger partial charge >= 0.3 is 0 Å². The van der Waals surface area contributed by atoms with E-state index in [1.807, 2.05) is 24.3 Å². The molecule has 0 N–H and O–H groups in total. The lowest BCUT2D eigenvalue weighted by Gasteiger charge is -2.05. The van der Waals surface area contributed by atoms with Crippen LogP contribution in [0.1, 0.15) is 15.9 Å². The first-order chi connectivity index (χ1) is 10.2. The average molecular weight is 276 g/mol. The molecule has 0 saturated carbocycles. The van der Waals surface area contributed by atoms with Gasteiger partial charge in [-0.25, -0.2) is 0 Å². The molecule has 21 heavy (non-hydrogen) atoms. The van der Waals surface area contributed by atoms with Gasteiger partial charge in [0.25, 0.3) is 5.91 Å². The van der Waals surface area contributed by atoms with Crippen LogP contribution >= 0.6 is 0 Å². The number of carbonyl (C=O) groups is 1. The third kappa shape index (κ3) is 2.15. The molecule has 3 aromatic rings. The molecule has 2 aromatic carbocycles. The summed E-state index contributed by atoms with van der Waals surface area (Å²) < 4.78 is 6.59. The Morgan fingerprint density at radius 2 is 1.86 bits per heavy atom. The number of benzene rings is 2. The maximum Gasteiger partial charge on any atom is 0.262 e. The van der Waals surface area contributed by atoms with E-state index in [4.69, 9.17) is 4.74 Å². The van der Waals surface area contributed by atoms with E-state index in [0.29, 0.717) is 16.9 Å². The molecular formula is C17H12N2O2. The van der Waals surface area contributed by atoms with Crippen LogP contribution in [-0.4, -0.2) is 17.6 Å². The molecule has 0 aliphatic carbocycles. The van der Waals surface area contributed by atoms with Gasteiger partial charge in [0.1, 0.15) is 11.8 Å². The van der Waals surface area contributed by atoms with Crippen LogP contribution in [0.15, 0.2) is 54.7 Å². The van der Waals surface area contributed by atoms with Crippen LogP contribution in [0.4, 0.5) is 0 Å². The van der Waals surface area contributed by atoms with Crippen molar-refractivity contribution in [2.45, 2.75) is 0 Å². The predicted octanol–water partition coefficient (Wildman–Crippen LogP) is 3.21. The highest BCUT2D eigenvalue weighted by molar-refractivity contribution is 6.03. The Kier molecular flexibility index (Phi) is 3.17. The predicted molar refractivity (Wildman–Crippen MR) is 79.4 cm³/mol. The van der Waals surface area contributed by atoms with Crippen LogP contribution in [0, 0.1) is 11.3 Å². The molecule has 0 atom stereocenters. The molecular weight excluding hydrogens is 264 g/mol. The summed E-state index contributed by atoms with van der Waals surface area (Å²) in [6.07, 6.45) is 1.58. The summed E-state index contributed by atoms with van der Waals surface area (Å²) in [4.78, 5) is 12.6. The van der Waals surface area contributed by atoms with E-state index in [9.17, 15) is 10.1 Å². The number of para-hydroxylation sites is 1. The second-order valence-corrected chi connectivity index (χ2v) is 4.58. The number of fused-ring (bicyclic) bond motifs is 1. The van der Waals surface area contributed by atoms with Gasteiger partial charge in [0.2, 0.25) is 0 Å². The fraction of sp³-hybridized carbons (Fsp3) is 0.0588. The molecule has 4 nitrogen and oxygen atoms in total. The number of aromatic nitrogens is 1. The molecule has 0 fully saturated rings. The molecule has 0 aliphatic rings. The summed E-state index contributed by atoms with van der Waals surface area (Å²) in [6.45, 7) is 0. The van der Waals surface area contributed by atoms with E-state index in [1.54, 1.807) is 37.6 Å². The number of nitriles is 1. The minimum atomic E-state index is -0.171. The van der Waals surface area contributed by atoms with Crippen LogP contribution in [0.2, 0.25) is 0 Å². The summed E-state index contributed by atoms with van der Waals surface area (Å²) in [5.74, 6) is 0.525. The van der Waals surface area contributed by atoms with Crippen molar-refractivity contribution in [3.63, 3.8) is 0 Å². The van der Waals surface area contributed by atoms with Crippen LogP contribution < -0.4 is 4.74 Å². The van der Waals surface area contributed by atoms with E-state index >= 15 is 0 Å². The maximum absolute atomic E-state index is 12.6. The number of methoxy groups -OCH3 is 1. The van der Waals surface area contributed by atoms with Crippen molar-refractivity contribution in [3.05, 3.63) is 65.9 Å². The zero-order chi connectivity index (χ0) is 14.8. The van der Waals surface area contributed by atoms with E-state index in [-0.39, 0.29) is 5.91 Å². The smallest absolute Gasteiger partial charge is 0.262 e. The molecule has 0 aliphatic heterocycles. The minimum Gasteiger partial charge on any atom is -0.497 e. The third-order valence-corrected chi connectivity index (χ3v) is 3.39. The molecule has 0 radical (unpaired) electrons. The number of rotatable bonds is 2. The molecule has 0 spiro atoms. The monoisotopic (exact) mass is 276 g/mol. The van der Waals surface area contributed by atoms with Crippen molar-refractivity contribution in [2.75, 3.05) is 7.11 Å². The van der Waals surface area contributed by atoms with Crippen molar-refractivity contribution in [1.82, 2.24) is 4.57 Å². The zero-order valence-corrected chi connectivity index (χ0v) is 11.4. The fourth-order valence-corrected chi connectivity index (χ4v) is 2.31. The van der Waals surface area contributed by atoms with Crippen LogP contribution in [0.25, 0.3) is 10.9 Å². The number of hydrogen-bond donors (Lipinski definition) is 0. The van der Waals surface area contributed by atoms with Crippen molar-refractivity contribution in [1.29, 1.82) is 5.26 Å². The number of ether oxygens (including phenoxy) is 1. The largest absolute Gasteiger partial charge is 0.497 e. The van der Waals surface area contributed by atoms with Gasteiger partial charge in [-0.05, 0) is 30.3 Å². The first-order valence-electron chi connectivity index (χ1n) is 6.43. The summed E-state index contributed by atoms with van der Waals surface area (Å²) in [7, 11) is 1.58. The normalized spacial score (nSPS) is 10.3. The van der Waals surface area contributed by atoms with Gasteiger partial charge in [-0.15, -0.1) is 0 Å². The number of carbonyl (C=O) groups excluding carboxylic acids is 1. The average Bonchev–Trinajstić information content (AvgIpc) is 2.93. The first kappa shape index (κ1) is 12.9. The lowest BCUT2D eigenvalue weighted by atomic mass is 10.2.